The number of carbonyl (C=O) groups is 3. The molecule has 71 heavy (non-hydrogen) atoms. The number of ether oxygens (including phenoxy) is 3. The molecule has 6 heteroatoms. The number of unbranched alkanes of at least 4 members (excludes halogenated alkanes) is 20. The van der Waals surface area contributed by atoms with Crippen LogP contribution in [0.2, 0.25) is 0 Å². The molecule has 0 heterocycles. The molecular formula is C65H106O6. The van der Waals surface area contributed by atoms with Gasteiger partial charge in [0.25, 0.3) is 0 Å². The van der Waals surface area contributed by atoms with Crippen molar-refractivity contribution in [3.8, 4) is 0 Å². The van der Waals surface area contributed by atoms with Crippen LogP contribution in [-0.4, -0.2) is 37.2 Å². The summed E-state index contributed by atoms with van der Waals surface area (Å²) in [5.74, 6) is -1.05. The summed E-state index contributed by atoms with van der Waals surface area (Å²) < 4.78 is 16.8. The molecule has 0 rings (SSSR count). The molecule has 0 amide bonds. The molecule has 0 aromatic heterocycles. The van der Waals surface area contributed by atoms with Crippen molar-refractivity contribution in [2.75, 3.05) is 13.2 Å². The highest BCUT2D eigenvalue weighted by Gasteiger charge is 2.19. The molecule has 0 radical (unpaired) electrons. The molecule has 0 aliphatic rings. The zero-order chi connectivity index (χ0) is 51.4. The van der Waals surface area contributed by atoms with Crippen LogP contribution in [-0.2, 0) is 28.6 Å². The third kappa shape index (κ3) is 56.6. The van der Waals surface area contributed by atoms with Gasteiger partial charge in [-0.1, -0.05) is 226 Å². The van der Waals surface area contributed by atoms with Crippen LogP contribution in [0.1, 0.15) is 252 Å². The van der Waals surface area contributed by atoms with Crippen LogP contribution in [0, 0.1) is 0 Å². The van der Waals surface area contributed by atoms with Gasteiger partial charge in [0.2, 0.25) is 0 Å². The maximum Gasteiger partial charge on any atom is 0.306 e. The first kappa shape index (κ1) is 66.8. The Labute approximate surface area is 437 Å². The summed E-state index contributed by atoms with van der Waals surface area (Å²) in [5.41, 5.74) is 0. The SMILES string of the molecule is CCCCC/C=C\C/C=C\C/C=C\C/C=C\C/C=C\CCC(=O)OC[C@H](COC(=O)CCCCCCC/C=C\CCCCCCCC)OC(=O)CCCCC/C=C\C/C=C\C/C=C\C/C=C\CCCCC. The Morgan fingerprint density at radius 2 is 0.535 bits per heavy atom. The average molecular weight is 984 g/mol. The Balaban J connectivity index is 4.59. The Hall–Kier alpha value is -4.19. The monoisotopic (exact) mass is 983 g/mol. The molecule has 0 aromatic carbocycles. The summed E-state index contributed by atoms with van der Waals surface area (Å²) in [6.07, 6.45) is 80.5. The van der Waals surface area contributed by atoms with Gasteiger partial charge in [0.1, 0.15) is 13.2 Å². The first-order valence-electron chi connectivity index (χ1n) is 29.0. The molecule has 0 saturated heterocycles. The standard InChI is InChI=1S/C65H106O6/c1-4-7-10-13-16-19-22-25-28-30-32-34-37-40-43-46-49-52-55-58-64(67)70-61-62(60-69-63(66)57-54-51-48-45-42-39-36-27-24-21-18-15-12-9-6-3)71-65(68)59-56-53-50-47-44-41-38-35-33-31-29-26-23-20-17-14-11-8-5-2/h16-17,19-20,25-29,32-36,40-41,43-44,49,52,62H,4-15,18,21-24,30-31,37-39,42,45-48,50-51,53-61H2,1-3H3/b19-16-,20-17-,28-25-,29-26-,34-32-,35-33-,36-27-,43-40-,44-41-,52-49-/t62-/m0/s1. The number of rotatable bonds is 51. The van der Waals surface area contributed by atoms with Crippen molar-refractivity contribution in [3.63, 3.8) is 0 Å². The van der Waals surface area contributed by atoms with Crippen LogP contribution in [0.15, 0.2) is 122 Å². The lowest BCUT2D eigenvalue weighted by molar-refractivity contribution is -0.166. The number of hydrogen-bond acceptors (Lipinski definition) is 6. The molecular weight excluding hydrogens is 877 g/mol. The van der Waals surface area contributed by atoms with Crippen molar-refractivity contribution < 1.29 is 28.6 Å². The number of allylic oxidation sites excluding steroid dienone is 20. The van der Waals surface area contributed by atoms with E-state index in [1.54, 1.807) is 0 Å². The zero-order valence-corrected chi connectivity index (χ0v) is 45.9. The molecule has 6 nitrogen and oxygen atoms in total. The van der Waals surface area contributed by atoms with E-state index >= 15 is 0 Å². The minimum Gasteiger partial charge on any atom is -0.462 e. The van der Waals surface area contributed by atoms with Gasteiger partial charge in [0, 0.05) is 19.3 Å². The van der Waals surface area contributed by atoms with Gasteiger partial charge in [-0.15, -0.1) is 0 Å². The van der Waals surface area contributed by atoms with Crippen molar-refractivity contribution in [3.05, 3.63) is 122 Å². The largest absolute Gasteiger partial charge is 0.462 e. The molecule has 1 atom stereocenters. The van der Waals surface area contributed by atoms with Crippen LogP contribution in [0.3, 0.4) is 0 Å². The summed E-state index contributed by atoms with van der Waals surface area (Å²) >= 11 is 0. The van der Waals surface area contributed by atoms with Crippen LogP contribution < -0.4 is 0 Å². The van der Waals surface area contributed by atoms with Gasteiger partial charge < -0.3 is 14.2 Å². The number of carbonyl (C=O) groups excluding carboxylic acids is 3. The predicted octanol–water partition coefficient (Wildman–Crippen LogP) is 19.6. The van der Waals surface area contributed by atoms with Crippen molar-refractivity contribution in [2.24, 2.45) is 0 Å². The second-order valence-corrected chi connectivity index (χ2v) is 18.8. The predicted molar refractivity (Wildman–Crippen MR) is 306 cm³/mol. The topological polar surface area (TPSA) is 78.9 Å². The highest BCUT2D eigenvalue weighted by atomic mass is 16.6. The van der Waals surface area contributed by atoms with E-state index in [0.717, 1.165) is 96.3 Å². The number of hydrogen-bond donors (Lipinski definition) is 0. The fourth-order valence-corrected chi connectivity index (χ4v) is 7.52. The van der Waals surface area contributed by atoms with E-state index < -0.39 is 6.10 Å². The van der Waals surface area contributed by atoms with Crippen LogP contribution in [0.5, 0.6) is 0 Å². The summed E-state index contributed by atoms with van der Waals surface area (Å²) in [6.45, 7) is 6.48. The summed E-state index contributed by atoms with van der Waals surface area (Å²) in [7, 11) is 0. The molecule has 0 N–H and O–H groups in total. The first-order chi connectivity index (χ1) is 35.0. The second-order valence-electron chi connectivity index (χ2n) is 18.8. The number of esters is 3. The normalized spacial score (nSPS) is 13.0. The van der Waals surface area contributed by atoms with Gasteiger partial charge in [-0.3, -0.25) is 14.4 Å². The summed E-state index contributed by atoms with van der Waals surface area (Å²) in [5, 5.41) is 0. The van der Waals surface area contributed by atoms with Gasteiger partial charge in [-0.25, -0.2) is 0 Å². The van der Waals surface area contributed by atoms with E-state index in [2.05, 4.69) is 136 Å². The maximum absolute atomic E-state index is 12.9. The molecule has 0 aliphatic carbocycles. The van der Waals surface area contributed by atoms with Crippen molar-refractivity contribution in [2.45, 2.75) is 258 Å². The first-order valence-corrected chi connectivity index (χ1v) is 29.0. The van der Waals surface area contributed by atoms with Crippen molar-refractivity contribution in [1.82, 2.24) is 0 Å². The average Bonchev–Trinajstić information content (AvgIpc) is 3.37. The third-order valence-electron chi connectivity index (χ3n) is 11.9. The highest BCUT2D eigenvalue weighted by Crippen LogP contribution is 2.13. The molecule has 0 spiro atoms. The maximum atomic E-state index is 12.9. The van der Waals surface area contributed by atoms with E-state index in [1.807, 2.05) is 6.08 Å². The van der Waals surface area contributed by atoms with E-state index in [9.17, 15) is 14.4 Å². The molecule has 0 bridgehead atoms. The van der Waals surface area contributed by atoms with Crippen LogP contribution in [0.25, 0.3) is 0 Å². The Morgan fingerprint density at radius 3 is 0.930 bits per heavy atom. The summed E-state index contributed by atoms with van der Waals surface area (Å²) in [4.78, 5) is 38.1. The van der Waals surface area contributed by atoms with Gasteiger partial charge in [0.15, 0.2) is 6.10 Å². The van der Waals surface area contributed by atoms with E-state index in [1.165, 1.54) is 103 Å². The molecule has 0 unspecified atom stereocenters. The quantitative estimate of drug-likeness (QED) is 0.0261. The smallest absolute Gasteiger partial charge is 0.306 e. The lowest BCUT2D eigenvalue weighted by atomic mass is 10.1. The molecule has 402 valence electrons. The van der Waals surface area contributed by atoms with Gasteiger partial charge in [-0.05, 0) is 128 Å². The third-order valence-corrected chi connectivity index (χ3v) is 11.9. The van der Waals surface area contributed by atoms with Gasteiger partial charge >= 0.3 is 17.9 Å². The Morgan fingerprint density at radius 1 is 0.282 bits per heavy atom. The van der Waals surface area contributed by atoms with Crippen molar-refractivity contribution >= 4 is 17.9 Å². The minimum absolute atomic E-state index is 0.121. The van der Waals surface area contributed by atoms with Gasteiger partial charge in [-0.2, -0.15) is 0 Å². The lowest BCUT2D eigenvalue weighted by Gasteiger charge is -2.18. The summed E-state index contributed by atoms with van der Waals surface area (Å²) in [6, 6.07) is 0. The molecule has 0 saturated carbocycles. The Bertz CT molecular complexity index is 1500. The van der Waals surface area contributed by atoms with E-state index in [4.69, 9.17) is 14.2 Å². The van der Waals surface area contributed by atoms with Crippen LogP contribution >= 0.6 is 0 Å². The molecule has 0 aliphatic heterocycles. The minimum atomic E-state index is -0.832. The van der Waals surface area contributed by atoms with E-state index in [0.29, 0.717) is 19.3 Å². The molecule has 0 fully saturated rings. The second kappa shape index (κ2) is 58.4. The zero-order valence-electron chi connectivity index (χ0n) is 45.9. The van der Waals surface area contributed by atoms with Crippen molar-refractivity contribution in [1.29, 1.82) is 0 Å². The fourth-order valence-electron chi connectivity index (χ4n) is 7.52. The van der Waals surface area contributed by atoms with Gasteiger partial charge in [0.05, 0.1) is 0 Å². The molecule has 0 aromatic rings. The highest BCUT2D eigenvalue weighted by molar-refractivity contribution is 5.71. The van der Waals surface area contributed by atoms with Crippen LogP contribution in [0.4, 0.5) is 0 Å². The fraction of sp³-hybridized carbons (Fsp3) is 0.646. The Kier molecular flexibility index (Phi) is 54.9. The lowest BCUT2D eigenvalue weighted by Crippen LogP contribution is -2.30. The van der Waals surface area contributed by atoms with E-state index in [-0.39, 0.29) is 44.0 Å².